The SMILES string of the molecule is CC(=O)NC(=S)Nc1ccccc1Cl. The summed E-state index contributed by atoms with van der Waals surface area (Å²) in [5.41, 5.74) is 0.674. The van der Waals surface area contributed by atoms with E-state index in [9.17, 15) is 4.79 Å². The third kappa shape index (κ3) is 3.32. The molecule has 3 nitrogen and oxygen atoms in total. The van der Waals surface area contributed by atoms with Gasteiger partial charge in [0.2, 0.25) is 5.91 Å². The molecule has 1 aromatic carbocycles. The summed E-state index contributed by atoms with van der Waals surface area (Å²) in [6.45, 7) is 1.39. The molecule has 0 aromatic heterocycles. The number of thiocarbonyl (C=S) groups is 1. The van der Waals surface area contributed by atoms with Crippen molar-refractivity contribution in [2.75, 3.05) is 5.32 Å². The van der Waals surface area contributed by atoms with Gasteiger partial charge in [0.15, 0.2) is 5.11 Å². The van der Waals surface area contributed by atoms with Crippen LogP contribution >= 0.6 is 23.8 Å². The number of hydrogen-bond donors (Lipinski definition) is 2. The molecule has 0 radical (unpaired) electrons. The topological polar surface area (TPSA) is 41.1 Å². The van der Waals surface area contributed by atoms with Crippen LogP contribution < -0.4 is 10.6 Å². The zero-order valence-corrected chi connectivity index (χ0v) is 9.08. The first kappa shape index (κ1) is 10.9. The molecular weight excluding hydrogens is 220 g/mol. The first-order chi connectivity index (χ1) is 6.59. The van der Waals surface area contributed by atoms with Crippen molar-refractivity contribution in [2.45, 2.75) is 6.92 Å². The lowest BCUT2D eigenvalue weighted by Crippen LogP contribution is -2.32. The van der Waals surface area contributed by atoms with Gasteiger partial charge >= 0.3 is 0 Å². The quantitative estimate of drug-likeness (QED) is 0.724. The van der Waals surface area contributed by atoms with Crippen LogP contribution in [0.1, 0.15) is 6.92 Å². The predicted octanol–water partition coefficient (Wildman–Crippen LogP) is 2.17. The van der Waals surface area contributed by atoms with E-state index in [2.05, 4.69) is 10.6 Å². The van der Waals surface area contributed by atoms with Gasteiger partial charge in [0, 0.05) is 6.92 Å². The second-order valence-electron chi connectivity index (χ2n) is 2.62. The number of carbonyl (C=O) groups is 1. The maximum Gasteiger partial charge on any atom is 0.222 e. The number of rotatable bonds is 1. The highest BCUT2D eigenvalue weighted by Gasteiger charge is 2.01. The summed E-state index contributed by atoms with van der Waals surface area (Å²) in [6.07, 6.45) is 0. The molecule has 1 amide bonds. The number of benzene rings is 1. The number of nitrogens with one attached hydrogen (secondary N) is 2. The average molecular weight is 229 g/mol. The van der Waals surface area contributed by atoms with Crippen molar-refractivity contribution in [2.24, 2.45) is 0 Å². The second kappa shape index (κ2) is 4.93. The smallest absolute Gasteiger partial charge is 0.222 e. The van der Waals surface area contributed by atoms with Gasteiger partial charge in [-0.15, -0.1) is 0 Å². The van der Waals surface area contributed by atoms with Crippen LogP contribution in [0.2, 0.25) is 5.02 Å². The van der Waals surface area contributed by atoms with Gasteiger partial charge < -0.3 is 10.6 Å². The Morgan fingerprint density at radius 1 is 1.43 bits per heavy atom. The molecule has 0 heterocycles. The van der Waals surface area contributed by atoms with Gasteiger partial charge in [-0.25, -0.2) is 0 Å². The maximum absolute atomic E-state index is 10.7. The first-order valence-electron chi connectivity index (χ1n) is 3.92. The fourth-order valence-corrected chi connectivity index (χ4v) is 1.31. The molecule has 2 N–H and O–H groups in total. The van der Waals surface area contributed by atoms with Crippen molar-refractivity contribution in [1.29, 1.82) is 0 Å². The molecule has 1 rings (SSSR count). The van der Waals surface area contributed by atoms with Crippen molar-refractivity contribution in [3.63, 3.8) is 0 Å². The van der Waals surface area contributed by atoms with Crippen LogP contribution in [-0.4, -0.2) is 11.0 Å². The van der Waals surface area contributed by atoms with Crippen molar-refractivity contribution >= 4 is 40.5 Å². The lowest BCUT2D eigenvalue weighted by molar-refractivity contribution is -0.117. The molecule has 0 saturated heterocycles. The molecule has 0 unspecified atom stereocenters. The van der Waals surface area contributed by atoms with Crippen LogP contribution in [0.3, 0.4) is 0 Å². The van der Waals surface area contributed by atoms with E-state index in [1.165, 1.54) is 6.92 Å². The Morgan fingerprint density at radius 2 is 2.07 bits per heavy atom. The molecule has 0 aliphatic heterocycles. The fourth-order valence-electron chi connectivity index (χ4n) is 0.876. The summed E-state index contributed by atoms with van der Waals surface area (Å²) in [7, 11) is 0. The molecule has 0 aliphatic rings. The van der Waals surface area contributed by atoms with E-state index in [0.29, 0.717) is 10.7 Å². The van der Waals surface area contributed by atoms with Gasteiger partial charge in [-0.3, -0.25) is 4.79 Å². The minimum absolute atomic E-state index is 0.213. The number of hydrogen-bond acceptors (Lipinski definition) is 2. The predicted molar refractivity (Wildman–Crippen MR) is 61.5 cm³/mol. The van der Waals surface area contributed by atoms with Gasteiger partial charge in [0.1, 0.15) is 0 Å². The van der Waals surface area contributed by atoms with Crippen molar-refractivity contribution in [1.82, 2.24) is 5.32 Å². The van der Waals surface area contributed by atoms with Gasteiger partial charge in [0.05, 0.1) is 10.7 Å². The van der Waals surface area contributed by atoms with E-state index < -0.39 is 0 Å². The molecule has 74 valence electrons. The van der Waals surface area contributed by atoms with E-state index in [1.54, 1.807) is 12.1 Å². The largest absolute Gasteiger partial charge is 0.331 e. The highest BCUT2D eigenvalue weighted by molar-refractivity contribution is 7.80. The van der Waals surface area contributed by atoms with E-state index >= 15 is 0 Å². The van der Waals surface area contributed by atoms with E-state index in [4.69, 9.17) is 23.8 Å². The highest BCUT2D eigenvalue weighted by atomic mass is 35.5. The van der Waals surface area contributed by atoms with Gasteiger partial charge in [0.25, 0.3) is 0 Å². The summed E-state index contributed by atoms with van der Waals surface area (Å²) in [5, 5.41) is 6.05. The van der Waals surface area contributed by atoms with E-state index in [0.717, 1.165) is 0 Å². The number of para-hydroxylation sites is 1. The van der Waals surface area contributed by atoms with Crippen LogP contribution in [0.5, 0.6) is 0 Å². The molecule has 14 heavy (non-hydrogen) atoms. The number of amides is 1. The number of halogens is 1. The summed E-state index contributed by atoms with van der Waals surface area (Å²) >= 11 is 10.7. The third-order valence-corrected chi connectivity index (χ3v) is 1.95. The molecule has 0 fully saturated rings. The van der Waals surface area contributed by atoms with Gasteiger partial charge in [-0.2, -0.15) is 0 Å². The molecule has 1 aromatic rings. The molecule has 0 bridgehead atoms. The Balaban J connectivity index is 2.65. The Hall–Kier alpha value is -1.13. The third-order valence-electron chi connectivity index (χ3n) is 1.41. The van der Waals surface area contributed by atoms with Crippen LogP contribution in [0, 0.1) is 0 Å². The van der Waals surface area contributed by atoms with Crippen LogP contribution in [0.25, 0.3) is 0 Å². The summed E-state index contributed by atoms with van der Waals surface area (Å²) in [5.74, 6) is -0.213. The van der Waals surface area contributed by atoms with Crippen LogP contribution in [0.15, 0.2) is 24.3 Å². The Bertz CT molecular complexity index is 368. The Morgan fingerprint density at radius 3 is 2.64 bits per heavy atom. The normalized spacial score (nSPS) is 9.29. The van der Waals surface area contributed by atoms with Gasteiger partial charge in [-0.05, 0) is 24.4 Å². The van der Waals surface area contributed by atoms with Crippen molar-refractivity contribution < 1.29 is 4.79 Å². The number of anilines is 1. The highest BCUT2D eigenvalue weighted by Crippen LogP contribution is 2.19. The lowest BCUT2D eigenvalue weighted by atomic mass is 10.3. The fraction of sp³-hybridized carbons (Fsp3) is 0.111. The maximum atomic E-state index is 10.7. The molecule has 0 aliphatic carbocycles. The van der Waals surface area contributed by atoms with Crippen LogP contribution in [-0.2, 0) is 4.79 Å². The van der Waals surface area contributed by atoms with Gasteiger partial charge in [-0.1, -0.05) is 23.7 Å². The standard InChI is InChI=1S/C9H9ClN2OS/c1-6(13)11-9(14)12-8-5-3-2-4-7(8)10/h2-5H,1H3,(H2,11,12,13,14). The van der Waals surface area contributed by atoms with E-state index in [1.807, 2.05) is 12.1 Å². The first-order valence-corrected chi connectivity index (χ1v) is 4.71. The Kier molecular flexibility index (Phi) is 3.85. The van der Waals surface area contributed by atoms with E-state index in [-0.39, 0.29) is 11.0 Å². The second-order valence-corrected chi connectivity index (χ2v) is 3.43. The summed E-state index contributed by atoms with van der Waals surface area (Å²) in [6, 6.07) is 7.15. The summed E-state index contributed by atoms with van der Waals surface area (Å²) < 4.78 is 0. The van der Waals surface area contributed by atoms with Crippen LogP contribution in [0.4, 0.5) is 5.69 Å². The number of carbonyl (C=O) groups excluding carboxylic acids is 1. The Labute approximate surface area is 92.4 Å². The lowest BCUT2D eigenvalue weighted by Gasteiger charge is -2.08. The molecule has 0 spiro atoms. The molecule has 0 saturated carbocycles. The minimum atomic E-state index is -0.213. The zero-order valence-electron chi connectivity index (χ0n) is 7.50. The monoisotopic (exact) mass is 228 g/mol. The molecular formula is C9H9ClN2OS. The molecule has 0 atom stereocenters. The summed E-state index contributed by atoms with van der Waals surface area (Å²) in [4.78, 5) is 10.7. The van der Waals surface area contributed by atoms with Crippen molar-refractivity contribution in [3.8, 4) is 0 Å². The average Bonchev–Trinajstić information content (AvgIpc) is 2.07. The van der Waals surface area contributed by atoms with Crippen molar-refractivity contribution in [3.05, 3.63) is 29.3 Å². The minimum Gasteiger partial charge on any atom is -0.331 e. The molecule has 5 heteroatoms. The zero-order chi connectivity index (χ0) is 10.6.